The predicted octanol–water partition coefficient (Wildman–Crippen LogP) is 2.58. The zero-order valence-corrected chi connectivity index (χ0v) is 12.6. The summed E-state index contributed by atoms with van der Waals surface area (Å²) < 4.78 is 10.3. The van der Waals surface area contributed by atoms with Crippen molar-refractivity contribution in [2.24, 2.45) is 0 Å². The highest BCUT2D eigenvalue weighted by molar-refractivity contribution is 6.31. The quantitative estimate of drug-likeness (QED) is 0.675. The molecule has 0 aliphatic rings. The molecule has 0 fully saturated rings. The maximum atomic E-state index is 12.0. The van der Waals surface area contributed by atoms with Crippen LogP contribution in [0.5, 0.6) is 0 Å². The highest BCUT2D eigenvalue weighted by atomic mass is 35.5. The molecule has 1 N–H and O–H groups in total. The van der Waals surface area contributed by atoms with E-state index in [2.05, 4.69) is 5.32 Å². The van der Waals surface area contributed by atoms with Gasteiger partial charge in [0.1, 0.15) is 5.58 Å². The second-order valence-corrected chi connectivity index (χ2v) is 4.97. The van der Waals surface area contributed by atoms with Crippen LogP contribution in [0.2, 0.25) is 5.02 Å². The molecule has 1 aromatic heterocycles. The molecule has 0 saturated carbocycles. The number of ether oxygens (including phenoxy) is 1. The fraction of sp³-hybridized carbons (Fsp3) is 0.267. The monoisotopic (exact) mass is 320 g/mol. The molecule has 0 saturated heterocycles. The van der Waals surface area contributed by atoms with Gasteiger partial charge in [-0.2, -0.15) is 5.26 Å². The molecule has 0 spiro atoms. The van der Waals surface area contributed by atoms with Crippen LogP contribution in [0.15, 0.2) is 22.6 Å². The van der Waals surface area contributed by atoms with Crippen molar-refractivity contribution in [1.82, 2.24) is 5.32 Å². The van der Waals surface area contributed by atoms with Gasteiger partial charge < -0.3 is 14.5 Å². The van der Waals surface area contributed by atoms with Crippen molar-refractivity contribution in [1.29, 1.82) is 5.26 Å². The van der Waals surface area contributed by atoms with Gasteiger partial charge in [0.05, 0.1) is 12.5 Å². The highest BCUT2D eigenvalue weighted by Crippen LogP contribution is 2.28. The summed E-state index contributed by atoms with van der Waals surface area (Å²) in [7, 11) is 0. The highest BCUT2D eigenvalue weighted by Gasteiger charge is 2.20. The number of aryl methyl sites for hydroxylation is 1. The van der Waals surface area contributed by atoms with Crippen LogP contribution < -0.4 is 5.32 Å². The van der Waals surface area contributed by atoms with E-state index in [1.54, 1.807) is 25.1 Å². The summed E-state index contributed by atoms with van der Waals surface area (Å²) in [6.45, 7) is 1.50. The summed E-state index contributed by atoms with van der Waals surface area (Å²) in [6.07, 6.45) is 0.198. The maximum absolute atomic E-state index is 12.0. The Bertz CT molecular complexity index is 761. The number of carbonyl (C=O) groups is 2. The number of carbonyl (C=O) groups excluding carboxylic acids is 2. The van der Waals surface area contributed by atoms with Crippen LogP contribution in [0, 0.1) is 18.3 Å². The van der Waals surface area contributed by atoms with Gasteiger partial charge in [-0.1, -0.05) is 11.6 Å². The van der Waals surface area contributed by atoms with Crippen molar-refractivity contribution in [3.63, 3.8) is 0 Å². The standard InChI is InChI=1S/C15H13ClN2O4/c1-9-11-7-10(16)3-4-12(11)22-14(9)15(20)21-8-13(19)18-6-2-5-17/h3-4,7H,2,6,8H2,1H3,(H,18,19). The Hall–Kier alpha value is -2.52. The first-order chi connectivity index (χ1) is 10.5. The second-order valence-electron chi connectivity index (χ2n) is 4.53. The zero-order chi connectivity index (χ0) is 16.1. The molecule has 0 aliphatic carbocycles. The molecular weight excluding hydrogens is 308 g/mol. The number of fused-ring (bicyclic) bond motifs is 1. The molecule has 0 atom stereocenters. The van der Waals surface area contributed by atoms with Crippen molar-refractivity contribution in [2.75, 3.05) is 13.2 Å². The zero-order valence-electron chi connectivity index (χ0n) is 11.8. The van der Waals surface area contributed by atoms with E-state index in [0.29, 0.717) is 16.2 Å². The number of rotatable bonds is 5. The Balaban J connectivity index is 2.03. The number of furan rings is 1. The van der Waals surface area contributed by atoms with E-state index in [1.807, 2.05) is 6.07 Å². The van der Waals surface area contributed by atoms with E-state index >= 15 is 0 Å². The predicted molar refractivity (Wildman–Crippen MR) is 79.5 cm³/mol. The van der Waals surface area contributed by atoms with Crippen LogP contribution in [0.1, 0.15) is 22.5 Å². The molecule has 22 heavy (non-hydrogen) atoms. The number of nitrogens with one attached hydrogen (secondary N) is 1. The number of amides is 1. The third kappa shape index (κ3) is 3.57. The van der Waals surface area contributed by atoms with Gasteiger partial charge in [0.2, 0.25) is 5.76 Å². The summed E-state index contributed by atoms with van der Waals surface area (Å²) >= 11 is 5.91. The van der Waals surface area contributed by atoms with Gasteiger partial charge in [-0.05, 0) is 25.1 Å². The lowest BCUT2D eigenvalue weighted by molar-refractivity contribution is -0.124. The third-order valence-corrected chi connectivity index (χ3v) is 3.21. The van der Waals surface area contributed by atoms with Gasteiger partial charge in [0.25, 0.3) is 5.91 Å². The first-order valence-corrected chi connectivity index (χ1v) is 6.90. The van der Waals surface area contributed by atoms with Crippen LogP contribution >= 0.6 is 11.6 Å². The first-order valence-electron chi connectivity index (χ1n) is 6.52. The van der Waals surface area contributed by atoms with Crippen molar-refractivity contribution >= 4 is 34.4 Å². The van der Waals surface area contributed by atoms with Crippen molar-refractivity contribution < 1.29 is 18.7 Å². The van der Waals surface area contributed by atoms with Crippen LogP contribution in [-0.2, 0) is 9.53 Å². The van der Waals surface area contributed by atoms with E-state index in [0.717, 1.165) is 5.39 Å². The first kappa shape index (κ1) is 15.9. The number of hydrogen-bond acceptors (Lipinski definition) is 5. The summed E-state index contributed by atoms with van der Waals surface area (Å²) in [5.74, 6) is -1.15. The van der Waals surface area contributed by atoms with Crippen molar-refractivity contribution in [2.45, 2.75) is 13.3 Å². The minimum Gasteiger partial charge on any atom is -0.450 e. The van der Waals surface area contributed by atoms with Crippen molar-refractivity contribution in [3.8, 4) is 6.07 Å². The number of benzene rings is 1. The van der Waals surface area contributed by atoms with Crippen LogP contribution in [-0.4, -0.2) is 25.0 Å². The second kappa shape index (κ2) is 6.96. The molecule has 0 bridgehead atoms. The molecule has 2 aromatic rings. The lowest BCUT2D eigenvalue weighted by Gasteiger charge is -2.04. The largest absolute Gasteiger partial charge is 0.450 e. The number of hydrogen-bond donors (Lipinski definition) is 1. The smallest absolute Gasteiger partial charge is 0.375 e. The maximum Gasteiger partial charge on any atom is 0.375 e. The van der Waals surface area contributed by atoms with E-state index in [-0.39, 0.29) is 18.7 Å². The molecule has 7 heteroatoms. The average Bonchev–Trinajstić information content (AvgIpc) is 2.82. The van der Waals surface area contributed by atoms with Gasteiger partial charge in [0, 0.05) is 22.5 Å². The summed E-state index contributed by atoms with van der Waals surface area (Å²) in [5.41, 5.74) is 1.12. The van der Waals surface area contributed by atoms with Gasteiger partial charge in [-0.15, -0.1) is 0 Å². The molecule has 0 aliphatic heterocycles. The van der Waals surface area contributed by atoms with E-state index in [4.69, 9.17) is 26.0 Å². The summed E-state index contributed by atoms with van der Waals surface area (Å²) in [6, 6.07) is 6.91. The molecule has 0 unspecified atom stereocenters. The summed E-state index contributed by atoms with van der Waals surface area (Å²) in [4.78, 5) is 23.4. The molecule has 6 nitrogen and oxygen atoms in total. The van der Waals surface area contributed by atoms with E-state index < -0.39 is 18.5 Å². The normalized spacial score (nSPS) is 10.2. The van der Waals surface area contributed by atoms with Crippen LogP contribution in [0.3, 0.4) is 0 Å². The molecule has 2 rings (SSSR count). The molecule has 114 valence electrons. The lowest BCUT2D eigenvalue weighted by Crippen LogP contribution is -2.29. The SMILES string of the molecule is Cc1c(C(=O)OCC(=O)NCCC#N)oc2ccc(Cl)cc12. The average molecular weight is 321 g/mol. The Kier molecular flexibility index (Phi) is 5.02. The third-order valence-electron chi connectivity index (χ3n) is 2.98. The fourth-order valence-electron chi connectivity index (χ4n) is 1.89. The number of nitriles is 1. The fourth-order valence-corrected chi connectivity index (χ4v) is 2.07. The Labute approximate surface area is 131 Å². The van der Waals surface area contributed by atoms with E-state index in [1.165, 1.54) is 0 Å². The summed E-state index contributed by atoms with van der Waals surface area (Å²) in [5, 5.41) is 12.1. The van der Waals surface area contributed by atoms with Gasteiger partial charge in [-0.3, -0.25) is 4.79 Å². The Morgan fingerprint density at radius 3 is 2.95 bits per heavy atom. The minimum absolute atomic E-state index is 0.0436. The van der Waals surface area contributed by atoms with Crippen molar-refractivity contribution in [3.05, 3.63) is 34.5 Å². The van der Waals surface area contributed by atoms with Gasteiger partial charge in [0.15, 0.2) is 6.61 Å². The molecule has 1 amide bonds. The topological polar surface area (TPSA) is 92.3 Å². The van der Waals surface area contributed by atoms with Crippen LogP contribution in [0.25, 0.3) is 11.0 Å². The lowest BCUT2D eigenvalue weighted by atomic mass is 10.1. The van der Waals surface area contributed by atoms with Gasteiger partial charge in [-0.25, -0.2) is 4.79 Å². The molecular formula is C15H13ClN2O4. The number of nitrogens with zero attached hydrogens (tertiary/aromatic N) is 1. The Morgan fingerprint density at radius 2 is 2.23 bits per heavy atom. The minimum atomic E-state index is -0.722. The Morgan fingerprint density at radius 1 is 1.45 bits per heavy atom. The molecule has 0 radical (unpaired) electrons. The van der Waals surface area contributed by atoms with E-state index in [9.17, 15) is 9.59 Å². The van der Waals surface area contributed by atoms with Crippen LogP contribution in [0.4, 0.5) is 0 Å². The van der Waals surface area contributed by atoms with Gasteiger partial charge >= 0.3 is 5.97 Å². The molecule has 1 heterocycles. The number of esters is 1. The number of halogens is 1. The molecule has 1 aromatic carbocycles.